The fraction of sp³-hybridized carbons (Fsp3) is 0.455. The molecular formula is C11H16N2O2S. The molecule has 0 aliphatic carbocycles. The number of hydrogen-bond acceptors (Lipinski definition) is 3. The lowest BCUT2D eigenvalue weighted by atomic mass is 10.0. The van der Waals surface area contributed by atoms with Crippen LogP contribution in [0, 0.1) is 0 Å². The second kappa shape index (κ2) is 4.43. The Labute approximate surface area is 96.1 Å². The highest BCUT2D eigenvalue weighted by Crippen LogP contribution is 2.21. The molecule has 1 aliphatic rings. The third kappa shape index (κ3) is 2.54. The lowest BCUT2D eigenvalue weighted by Crippen LogP contribution is -2.44. The van der Waals surface area contributed by atoms with E-state index < -0.39 is 10.0 Å². The molecule has 0 bridgehead atoms. The van der Waals surface area contributed by atoms with Crippen molar-refractivity contribution >= 4 is 15.7 Å². The Hall–Kier alpha value is -1.07. The van der Waals surface area contributed by atoms with Gasteiger partial charge in [-0.3, -0.25) is 0 Å². The third-order valence-electron chi connectivity index (χ3n) is 2.75. The molecule has 1 aromatic rings. The lowest BCUT2D eigenvalue weighted by Gasteiger charge is -2.26. The van der Waals surface area contributed by atoms with E-state index >= 15 is 0 Å². The molecule has 0 saturated heterocycles. The van der Waals surface area contributed by atoms with Crippen LogP contribution in [0.4, 0.5) is 5.69 Å². The van der Waals surface area contributed by atoms with Gasteiger partial charge in [-0.25, -0.2) is 13.1 Å². The molecule has 0 saturated carbocycles. The number of anilines is 1. The summed E-state index contributed by atoms with van der Waals surface area (Å²) in [5, 5.41) is 3.23. The summed E-state index contributed by atoms with van der Waals surface area (Å²) in [7, 11) is -3.11. The number of fused-ring (bicyclic) bond motifs is 1. The summed E-state index contributed by atoms with van der Waals surface area (Å²) in [6.45, 7) is 2.29. The highest BCUT2D eigenvalue weighted by Gasteiger charge is 2.21. The molecule has 0 aromatic heterocycles. The second-order valence-corrected chi connectivity index (χ2v) is 6.00. The van der Waals surface area contributed by atoms with Crippen LogP contribution in [0.5, 0.6) is 0 Å². The Bertz CT molecular complexity index is 471. The van der Waals surface area contributed by atoms with E-state index in [-0.39, 0.29) is 11.8 Å². The molecule has 1 aliphatic heterocycles. The van der Waals surface area contributed by atoms with Gasteiger partial charge in [-0.05, 0) is 25.0 Å². The number of sulfonamides is 1. The molecule has 88 valence electrons. The van der Waals surface area contributed by atoms with E-state index in [4.69, 9.17) is 0 Å². The van der Waals surface area contributed by atoms with Crippen LogP contribution in [-0.2, 0) is 16.4 Å². The topological polar surface area (TPSA) is 58.2 Å². The highest BCUT2D eigenvalue weighted by atomic mass is 32.2. The monoisotopic (exact) mass is 240 g/mol. The fourth-order valence-electron chi connectivity index (χ4n) is 1.86. The van der Waals surface area contributed by atoms with Crippen molar-refractivity contribution in [3.63, 3.8) is 0 Å². The standard InChI is InChI=1S/C11H16N2O2S/c1-2-16(14,15)13-10-7-9-5-3-4-6-11(9)12-8-10/h3-6,10,12-13H,2,7-8H2,1H3. The summed E-state index contributed by atoms with van der Waals surface area (Å²) in [6, 6.07) is 7.94. The summed E-state index contributed by atoms with van der Waals surface area (Å²) < 4.78 is 25.6. The predicted molar refractivity (Wildman–Crippen MR) is 65.0 cm³/mol. The fourth-order valence-corrected chi connectivity index (χ4v) is 2.70. The Balaban J connectivity index is 2.09. The van der Waals surface area contributed by atoms with Crippen LogP contribution in [0.15, 0.2) is 24.3 Å². The molecular weight excluding hydrogens is 224 g/mol. The second-order valence-electron chi connectivity index (χ2n) is 3.96. The summed E-state index contributed by atoms with van der Waals surface area (Å²) in [6.07, 6.45) is 0.752. The smallest absolute Gasteiger partial charge is 0.211 e. The third-order valence-corrected chi connectivity index (χ3v) is 4.20. The lowest BCUT2D eigenvalue weighted by molar-refractivity contribution is 0.550. The van der Waals surface area contributed by atoms with Gasteiger partial charge in [0.1, 0.15) is 0 Å². The van der Waals surface area contributed by atoms with Crippen molar-refractivity contribution in [2.75, 3.05) is 17.6 Å². The Morgan fingerprint density at radius 3 is 2.94 bits per heavy atom. The molecule has 4 nitrogen and oxygen atoms in total. The minimum Gasteiger partial charge on any atom is -0.383 e. The van der Waals surface area contributed by atoms with Crippen molar-refractivity contribution in [2.24, 2.45) is 0 Å². The predicted octanol–water partition coefficient (Wildman–Crippen LogP) is 0.962. The van der Waals surface area contributed by atoms with Crippen molar-refractivity contribution in [2.45, 2.75) is 19.4 Å². The van der Waals surface area contributed by atoms with Crippen molar-refractivity contribution in [3.05, 3.63) is 29.8 Å². The average molecular weight is 240 g/mol. The molecule has 1 heterocycles. The molecule has 2 rings (SSSR count). The van der Waals surface area contributed by atoms with E-state index in [1.807, 2.05) is 24.3 Å². The number of nitrogens with one attached hydrogen (secondary N) is 2. The maximum atomic E-state index is 11.4. The van der Waals surface area contributed by atoms with Crippen molar-refractivity contribution in [1.29, 1.82) is 0 Å². The SMILES string of the molecule is CCS(=O)(=O)NC1CNc2ccccc2C1. The van der Waals surface area contributed by atoms with Crippen molar-refractivity contribution < 1.29 is 8.42 Å². The first kappa shape index (κ1) is 11.4. The Kier molecular flexibility index (Phi) is 3.16. The minimum atomic E-state index is -3.11. The van der Waals surface area contributed by atoms with Gasteiger partial charge in [-0.2, -0.15) is 0 Å². The molecule has 1 atom stereocenters. The summed E-state index contributed by atoms with van der Waals surface area (Å²) >= 11 is 0. The van der Waals surface area contributed by atoms with Crippen LogP contribution in [0.25, 0.3) is 0 Å². The number of benzene rings is 1. The van der Waals surface area contributed by atoms with Crippen LogP contribution in [-0.4, -0.2) is 26.8 Å². The van der Waals surface area contributed by atoms with Crippen LogP contribution in [0.3, 0.4) is 0 Å². The first-order valence-corrected chi connectivity index (χ1v) is 7.08. The molecule has 0 amide bonds. The van der Waals surface area contributed by atoms with Crippen molar-refractivity contribution in [1.82, 2.24) is 4.72 Å². The first-order chi connectivity index (χ1) is 7.61. The van der Waals surface area contributed by atoms with Gasteiger partial charge in [0.2, 0.25) is 10.0 Å². The van der Waals surface area contributed by atoms with E-state index in [1.54, 1.807) is 6.92 Å². The van der Waals surface area contributed by atoms with E-state index in [0.29, 0.717) is 6.54 Å². The van der Waals surface area contributed by atoms with Gasteiger partial charge >= 0.3 is 0 Å². The van der Waals surface area contributed by atoms with E-state index in [2.05, 4.69) is 10.0 Å². The van der Waals surface area contributed by atoms with E-state index in [1.165, 1.54) is 0 Å². The number of para-hydroxylation sites is 1. The summed E-state index contributed by atoms with van der Waals surface area (Å²) in [5.74, 6) is 0.130. The van der Waals surface area contributed by atoms with Gasteiger partial charge < -0.3 is 5.32 Å². The largest absolute Gasteiger partial charge is 0.383 e. The summed E-state index contributed by atoms with van der Waals surface area (Å²) in [5.41, 5.74) is 2.27. The maximum absolute atomic E-state index is 11.4. The van der Waals surface area contributed by atoms with E-state index in [0.717, 1.165) is 17.7 Å². The molecule has 1 aromatic carbocycles. The Morgan fingerprint density at radius 2 is 2.19 bits per heavy atom. The maximum Gasteiger partial charge on any atom is 0.211 e. The van der Waals surface area contributed by atoms with E-state index in [9.17, 15) is 8.42 Å². The van der Waals surface area contributed by atoms with Crippen LogP contribution in [0.1, 0.15) is 12.5 Å². The minimum absolute atomic E-state index is 0.0418. The zero-order valence-corrected chi connectivity index (χ0v) is 10.0. The summed E-state index contributed by atoms with van der Waals surface area (Å²) in [4.78, 5) is 0. The number of hydrogen-bond donors (Lipinski definition) is 2. The number of rotatable bonds is 3. The van der Waals surface area contributed by atoms with Gasteiger partial charge in [0.25, 0.3) is 0 Å². The van der Waals surface area contributed by atoms with Gasteiger partial charge in [0.15, 0.2) is 0 Å². The van der Waals surface area contributed by atoms with Gasteiger partial charge in [0, 0.05) is 18.3 Å². The van der Waals surface area contributed by atoms with Gasteiger partial charge in [0.05, 0.1) is 5.75 Å². The van der Waals surface area contributed by atoms with Crippen molar-refractivity contribution in [3.8, 4) is 0 Å². The normalized spacial score (nSPS) is 19.9. The Morgan fingerprint density at radius 1 is 1.44 bits per heavy atom. The van der Waals surface area contributed by atoms with Gasteiger partial charge in [-0.1, -0.05) is 18.2 Å². The average Bonchev–Trinajstić information content (AvgIpc) is 2.28. The first-order valence-electron chi connectivity index (χ1n) is 5.42. The van der Waals surface area contributed by atoms with Crippen LogP contribution < -0.4 is 10.0 Å². The molecule has 5 heteroatoms. The molecule has 0 spiro atoms. The highest BCUT2D eigenvalue weighted by molar-refractivity contribution is 7.89. The molecule has 0 radical (unpaired) electrons. The molecule has 2 N–H and O–H groups in total. The molecule has 1 unspecified atom stereocenters. The molecule has 0 fully saturated rings. The zero-order valence-electron chi connectivity index (χ0n) is 9.23. The zero-order chi connectivity index (χ0) is 11.6. The van der Waals surface area contributed by atoms with Crippen LogP contribution >= 0.6 is 0 Å². The quantitative estimate of drug-likeness (QED) is 0.827. The molecule has 16 heavy (non-hydrogen) atoms. The van der Waals surface area contributed by atoms with Gasteiger partial charge in [-0.15, -0.1) is 0 Å². The van der Waals surface area contributed by atoms with Crippen LogP contribution in [0.2, 0.25) is 0 Å².